The molecule has 0 radical (unpaired) electrons. The van der Waals surface area contributed by atoms with Gasteiger partial charge in [-0.1, -0.05) is 18.2 Å². The largest absolute Gasteiger partial charge is 0.387 e. The second-order valence-electron chi connectivity index (χ2n) is 4.42. The van der Waals surface area contributed by atoms with Crippen LogP contribution in [0.1, 0.15) is 25.0 Å². The summed E-state index contributed by atoms with van der Waals surface area (Å²) in [6.45, 7) is 3.09. The van der Waals surface area contributed by atoms with Gasteiger partial charge in [0.1, 0.15) is 5.82 Å². The first-order valence-electron chi connectivity index (χ1n) is 5.96. The van der Waals surface area contributed by atoms with Crippen molar-refractivity contribution >= 4 is 0 Å². The van der Waals surface area contributed by atoms with E-state index >= 15 is 0 Å². The third kappa shape index (κ3) is 3.03. The first-order chi connectivity index (χ1) is 8.18. The second-order valence-corrected chi connectivity index (χ2v) is 4.42. The summed E-state index contributed by atoms with van der Waals surface area (Å²) in [5.41, 5.74) is 0.339. The minimum atomic E-state index is -0.816. The van der Waals surface area contributed by atoms with Gasteiger partial charge >= 0.3 is 0 Å². The molecule has 94 valence electrons. The highest BCUT2D eigenvalue weighted by atomic mass is 19.1. The molecule has 0 spiro atoms. The lowest BCUT2D eigenvalue weighted by Crippen LogP contribution is -2.37. The first-order valence-corrected chi connectivity index (χ1v) is 5.96. The minimum Gasteiger partial charge on any atom is -0.387 e. The van der Waals surface area contributed by atoms with Gasteiger partial charge in [0.15, 0.2) is 0 Å². The molecule has 0 aliphatic carbocycles. The maximum Gasteiger partial charge on any atom is 0.129 e. The van der Waals surface area contributed by atoms with Gasteiger partial charge in [-0.05, 0) is 19.4 Å². The monoisotopic (exact) mass is 239 g/mol. The Labute approximate surface area is 101 Å². The van der Waals surface area contributed by atoms with E-state index in [0.717, 1.165) is 13.0 Å². The maximum atomic E-state index is 13.4. The lowest BCUT2D eigenvalue weighted by molar-refractivity contribution is 0.106. The average molecular weight is 239 g/mol. The summed E-state index contributed by atoms with van der Waals surface area (Å²) < 4.78 is 18.8. The highest BCUT2D eigenvalue weighted by molar-refractivity contribution is 5.20. The number of rotatable bonds is 4. The van der Waals surface area contributed by atoms with E-state index in [9.17, 15) is 9.50 Å². The fourth-order valence-electron chi connectivity index (χ4n) is 2.12. The Kier molecular flexibility index (Phi) is 4.10. The van der Waals surface area contributed by atoms with Crippen molar-refractivity contribution in [3.8, 4) is 0 Å². The molecule has 3 unspecified atom stereocenters. The molecular formula is C13H18FNO2. The van der Waals surface area contributed by atoms with Crippen molar-refractivity contribution in [2.45, 2.75) is 31.6 Å². The zero-order chi connectivity index (χ0) is 12.3. The highest BCUT2D eigenvalue weighted by Gasteiger charge is 2.24. The van der Waals surface area contributed by atoms with E-state index < -0.39 is 6.10 Å². The molecule has 0 amide bonds. The van der Waals surface area contributed by atoms with Gasteiger partial charge in [-0.15, -0.1) is 0 Å². The molecule has 0 bridgehead atoms. The minimum absolute atomic E-state index is 0.155. The van der Waals surface area contributed by atoms with Crippen LogP contribution in [0.2, 0.25) is 0 Å². The normalized spacial score (nSPS) is 26.1. The summed E-state index contributed by atoms with van der Waals surface area (Å²) >= 11 is 0. The van der Waals surface area contributed by atoms with E-state index in [1.807, 2.05) is 6.92 Å². The predicted octanol–water partition coefficient (Wildman–Crippen LogP) is 1.63. The maximum absolute atomic E-state index is 13.4. The zero-order valence-corrected chi connectivity index (χ0v) is 9.90. The SMILES string of the molecule is CC1OCCC1NCC(O)c1ccccc1F. The average Bonchev–Trinajstić information content (AvgIpc) is 2.72. The molecule has 1 heterocycles. The molecule has 4 heteroatoms. The van der Waals surface area contributed by atoms with Crippen LogP contribution >= 0.6 is 0 Å². The summed E-state index contributed by atoms with van der Waals surface area (Å²) in [4.78, 5) is 0. The standard InChI is InChI=1S/C13H18FNO2/c1-9-12(6-7-17-9)15-8-13(16)10-4-2-3-5-11(10)14/h2-5,9,12-13,15-16H,6-8H2,1H3. The van der Waals surface area contributed by atoms with Crippen LogP contribution in [-0.4, -0.2) is 30.4 Å². The van der Waals surface area contributed by atoms with Crippen LogP contribution in [0.5, 0.6) is 0 Å². The van der Waals surface area contributed by atoms with Crippen molar-refractivity contribution in [3.63, 3.8) is 0 Å². The van der Waals surface area contributed by atoms with Crippen LogP contribution < -0.4 is 5.32 Å². The van der Waals surface area contributed by atoms with Gasteiger partial charge in [0, 0.05) is 24.8 Å². The topological polar surface area (TPSA) is 41.5 Å². The van der Waals surface area contributed by atoms with Crippen LogP contribution in [0.15, 0.2) is 24.3 Å². The van der Waals surface area contributed by atoms with Gasteiger partial charge in [-0.2, -0.15) is 0 Å². The van der Waals surface area contributed by atoms with Crippen molar-refractivity contribution in [2.24, 2.45) is 0 Å². The summed E-state index contributed by atoms with van der Waals surface area (Å²) in [5, 5.41) is 13.1. The molecule has 1 saturated heterocycles. The highest BCUT2D eigenvalue weighted by Crippen LogP contribution is 2.17. The Morgan fingerprint density at radius 2 is 2.29 bits per heavy atom. The summed E-state index contributed by atoms with van der Waals surface area (Å²) in [6, 6.07) is 6.56. The molecule has 0 saturated carbocycles. The van der Waals surface area contributed by atoms with Crippen LogP contribution in [-0.2, 0) is 4.74 Å². The third-order valence-electron chi connectivity index (χ3n) is 3.21. The second kappa shape index (κ2) is 5.58. The van der Waals surface area contributed by atoms with Crippen LogP contribution in [0.3, 0.4) is 0 Å². The van der Waals surface area contributed by atoms with Gasteiger partial charge in [-0.3, -0.25) is 0 Å². The number of halogens is 1. The molecule has 17 heavy (non-hydrogen) atoms. The number of aliphatic hydroxyl groups is 1. The molecule has 1 aromatic rings. The van der Waals surface area contributed by atoms with E-state index in [-0.39, 0.29) is 18.0 Å². The van der Waals surface area contributed by atoms with E-state index in [4.69, 9.17) is 4.74 Å². The van der Waals surface area contributed by atoms with Gasteiger partial charge in [-0.25, -0.2) is 4.39 Å². The van der Waals surface area contributed by atoms with Crippen LogP contribution in [0.4, 0.5) is 4.39 Å². The van der Waals surface area contributed by atoms with Crippen molar-refractivity contribution in [1.29, 1.82) is 0 Å². The quantitative estimate of drug-likeness (QED) is 0.839. The van der Waals surface area contributed by atoms with E-state index in [1.54, 1.807) is 18.2 Å². The Morgan fingerprint density at radius 1 is 1.53 bits per heavy atom. The zero-order valence-electron chi connectivity index (χ0n) is 9.90. The summed E-state index contributed by atoms with van der Waals surface area (Å²) in [7, 11) is 0. The predicted molar refractivity (Wildman–Crippen MR) is 63.2 cm³/mol. The van der Waals surface area contributed by atoms with Crippen LogP contribution in [0, 0.1) is 5.82 Å². The lowest BCUT2D eigenvalue weighted by atomic mass is 10.1. The molecule has 1 aromatic carbocycles. The smallest absolute Gasteiger partial charge is 0.129 e. The summed E-state index contributed by atoms with van der Waals surface area (Å²) in [5.74, 6) is -0.363. The van der Waals surface area contributed by atoms with Crippen molar-refractivity contribution < 1.29 is 14.2 Å². The molecule has 0 aromatic heterocycles. The molecule has 2 N–H and O–H groups in total. The molecular weight excluding hydrogens is 221 g/mol. The first kappa shape index (κ1) is 12.5. The molecule has 1 aliphatic heterocycles. The third-order valence-corrected chi connectivity index (χ3v) is 3.21. The van der Waals surface area contributed by atoms with E-state index in [2.05, 4.69) is 5.32 Å². The van der Waals surface area contributed by atoms with Crippen LogP contribution in [0.25, 0.3) is 0 Å². The van der Waals surface area contributed by atoms with Gasteiger partial charge < -0.3 is 15.2 Å². The number of benzene rings is 1. The van der Waals surface area contributed by atoms with Gasteiger partial charge in [0.2, 0.25) is 0 Å². The van der Waals surface area contributed by atoms with E-state index in [1.165, 1.54) is 6.07 Å². The van der Waals surface area contributed by atoms with Crippen molar-refractivity contribution in [3.05, 3.63) is 35.6 Å². The number of aliphatic hydroxyl groups excluding tert-OH is 1. The Morgan fingerprint density at radius 3 is 2.94 bits per heavy atom. The number of nitrogens with one attached hydrogen (secondary N) is 1. The van der Waals surface area contributed by atoms with Gasteiger partial charge in [0.25, 0.3) is 0 Å². The Hall–Kier alpha value is -0.970. The lowest BCUT2D eigenvalue weighted by Gasteiger charge is -2.19. The molecule has 1 aliphatic rings. The number of hydrogen-bond acceptors (Lipinski definition) is 3. The van der Waals surface area contributed by atoms with Gasteiger partial charge in [0.05, 0.1) is 12.2 Å². The molecule has 2 rings (SSSR count). The van der Waals surface area contributed by atoms with Crippen molar-refractivity contribution in [1.82, 2.24) is 5.32 Å². The molecule has 3 nitrogen and oxygen atoms in total. The Bertz CT molecular complexity index is 372. The van der Waals surface area contributed by atoms with Crippen molar-refractivity contribution in [2.75, 3.05) is 13.2 Å². The Balaban J connectivity index is 1.89. The fourth-order valence-corrected chi connectivity index (χ4v) is 2.12. The molecule has 3 atom stereocenters. The fraction of sp³-hybridized carbons (Fsp3) is 0.538. The number of ether oxygens (including phenoxy) is 1. The number of hydrogen-bond donors (Lipinski definition) is 2. The van der Waals surface area contributed by atoms with E-state index in [0.29, 0.717) is 12.1 Å². The summed E-state index contributed by atoms with van der Waals surface area (Å²) in [6.07, 6.45) is 0.275. The molecule has 1 fully saturated rings.